The van der Waals surface area contributed by atoms with Crippen molar-refractivity contribution in [2.24, 2.45) is 0 Å². The maximum Gasteiger partial charge on any atom is 0.0937 e. The van der Waals surface area contributed by atoms with Crippen LogP contribution in [0.4, 0.5) is 0 Å². The minimum absolute atomic E-state index is 0.0152. The van der Waals surface area contributed by atoms with Gasteiger partial charge in [0.05, 0.1) is 20.3 Å². The highest BCUT2D eigenvalue weighted by molar-refractivity contribution is 8.04. The number of methoxy groups -OCH3 is 1. The van der Waals surface area contributed by atoms with E-state index in [2.05, 4.69) is 69.6 Å². The van der Waals surface area contributed by atoms with Crippen LogP contribution in [0.2, 0.25) is 39.3 Å². The molecule has 0 amide bonds. The van der Waals surface area contributed by atoms with E-state index in [1.54, 1.807) is 0 Å². The van der Waals surface area contributed by atoms with Gasteiger partial charge in [-0.15, -0.1) is 0 Å². The van der Waals surface area contributed by atoms with Crippen molar-refractivity contribution in [2.45, 2.75) is 48.4 Å². The fourth-order valence-electron chi connectivity index (χ4n) is 2.74. The second kappa shape index (κ2) is 5.53. The summed E-state index contributed by atoms with van der Waals surface area (Å²) in [6.07, 6.45) is 0. The molecule has 4 heteroatoms. The first-order valence-corrected chi connectivity index (χ1v) is 14.2. The van der Waals surface area contributed by atoms with E-state index >= 15 is 0 Å². The third-order valence-electron chi connectivity index (χ3n) is 3.27. The van der Waals surface area contributed by atoms with Crippen LogP contribution in [-0.2, 0) is 4.74 Å². The van der Waals surface area contributed by atoms with Gasteiger partial charge >= 0.3 is 0 Å². The second-order valence-corrected chi connectivity index (χ2v) is 19.6. The summed E-state index contributed by atoms with van der Waals surface area (Å²) in [5, 5.41) is 0. The third-order valence-corrected chi connectivity index (χ3v) is 17.4. The van der Waals surface area contributed by atoms with Gasteiger partial charge in [0, 0.05) is 12.0 Å². The molecule has 0 unspecified atom stereocenters. The zero-order chi connectivity index (χ0) is 14.0. The lowest BCUT2D eigenvalue weighted by atomic mass is 10.4. The van der Waals surface area contributed by atoms with Crippen molar-refractivity contribution in [2.75, 3.05) is 7.11 Å². The minimum Gasteiger partial charge on any atom is -0.375 e. The Balaban J connectivity index is 3.21. The Morgan fingerprint density at radius 2 is 1.33 bits per heavy atom. The van der Waals surface area contributed by atoms with E-state index in [4.69, 9.17) is 4.74 Å². The summed E-state index contributed by atoms with van der Waals surface area (Å²) in [6, 6.07) is 10.7. The number of hydrogen-bond donors (Lipinski definition) is 0. The number of benzene rings is 1. The highest BCUT2D eigenvalue weighted by Gasteiger charge is 2.54. The lowest BCUT2D eigenvalue weighted by molar-refractivity contribution is 0.183. The number of hydrogen-bond acceptors (Lipinski definition) is 2. The van der Waals surface area contributed by atoms with Crippen molar-refractivity contribution in [3.63, 3.8) is 0 Å². The molecular formula is C14H26OSSi2. The molecule has 1 aromatic rings. The summed E-state index contributed by atoms with van der Waals surface area (Å²) < 4.78 is 6.17. The van der Waals surface area contributed by atoms with E-state index < -0.39 is 16.1 Å². The van der Waals surface area contributed by atoms with E-state index in [0.29, 0.717) is 0 Å². The Morgan fingerprint density at radius 3 is 1.67 bits per heavy atom. The zero-order valence-electron chi connectivity index (χ0n) is 12.7. The molecule has 0 aliphatic rings. The van der Waals surface area contributed by atoms with Gasteiger partial charge in [-0.1, -0.05) is 69.2 Å². The van der Waals surface area contributed by atoms with Gasteiger partial charge in [0.25, 0.3) is 0 Å². The van der Waals surface area contributed by atoms with Crippen LogP contribution in [0.25, 0.3) is 0 Å². The van der Waals surface area contributed by atoms with Crippen LogP contribution >= 0.6 is 11.8 Å². The highest BCUT2D eigenvalue weighted by atomic mass is 32.2. The normalized spacial score (nSPS) is 13.7. The molecule has 18 heavy (non-hydrogen) atoms. The quantitative estimate of drug-likeness (QED) is 0.435. The molecule has 0 heterocycles. The van der Waals surface area contributed by atoms with Gasteiger partial charge in [0.2, 0.25) is 0 Å². The van der Waals surface area contributed by atoms with Crippen LogP contribution in [0.15, 0.2) is 35.2 Å². The molecule has 0 fully saturated rings. The van der Waals surface area contributed by atoms with Crippen LogP contribution < -0.4 is 0 Å². The van der Waals surface area contributed by atoms with Gasteiger partial charge < -0.3 is 4.74 Å². The molecule has 0 aliphatic heterocycles. The standard InChI is InChI=1S/C14H26OSSi2/c1-15-14(17(2,3)4,18(5,6)7)16-13-11-9-8-10-12-13/h8-12H,1-7H3. The lowest BCUT2D eigenvalue weighted by Crippen LogP contribution is -2.65. The van der Waals surface area contributed by atoms with Crippen molar-refractivity contribution in [1.82, 2.24) is 0 Å². The molecule has 0 saturated carbocycles. The molecule has 0 atom stereocenters. The summed E-state index contributed by atoms with van der Waals surface area (Å²) in [6.45, 7) is 14.5. The van der Waals surface area contributed by atoms with Gasteiger partial charge in [-0.25, -0.2) is 0 Å². The second-order valence-electron chi connectivity index (χ2n) is 6.74. The Bertz CT molecular complexity index is 365. The van der Waals surface area contributed by atoms with Gasteiger partial charge in [-0.3, -0.25) is 0 Å². The lowest BCUT2D eigenvalue weighted by Gasteiger charge is -2.50. The van der Waals surface area contributed by atoms with Crippen LogP contribution in [0.1, 0.15) is 0 Å². The topological polar surface area (TPSA) is 9.23 Å². The van der Waals surface area contributed by atoms with E-state index in [9.17, 15) is 0 Å². The van der Waals surface area contributed by atoms with E-state index in [1.807, 2.05) is 18.9 Å². The fourth-order valence-corrected chi connectivity index (χ4v) is 16.8. The SMILES string of the molecule is COC(Sc1ccccc1)([Si](C)(C)C)[Si](C)(C)C. The van der Waals surface area contributed by atoms with Crippen molar-refractivity contribution < 1.29 is 4.74 Å². The molecule has 0 radical (unpaired) electrons. The van der Waals surface area contributed by atoms with Crippen molar-refractivity contribution >= 4 is 27.9 Å². The summed E-state index contributed by atoms with van der Waals surface area (Å²) in [5.41, 5.74) is 0. The Hall–Kier alpha value is -0.0362. The van der Waals surface area contributed by atoms with Crippen LogP contribution in [0, 0.1) is 0 Å². The average Bonchev–Trinajstić information content (AvgIpc) is 2.23. The van der Waals surface area contributed by atoms with E-state index in [0.717, 1.165) is 0 Å². The Morgan fingerprint density at radius 1 is 0.889 bits per heavy atom. The smallest absolute Gasteiger partial charge is 0.0937 e. The fraction of sp³-hybridized carbons (Fsp3) is 0.571. The molecular weight excluding hydrogens is 272 g/mol. The predicted octanol–water partition coefficient (Wildman–Crippen LogP) is 4.88. The Labute approximate surface area is 118 Å². The zero-order valence-corrected chi connectivity index (χ0v) is 15.5. The molecule has 0 spiro atoms. The first kappa shape index (κ1) is 16.0. The summed E-state index contributed by atoms with van der Waals surface area (Å²) in [5.74, 6) is 0. The number of ether oxygens (including phenoxy) is 1. The predicted molar refractivity (Wildman–Crippen MR) is 88.7 cm³/mol. The average molecular weight is 299 g/mol. The van der Waals surface area contributed by atoms with Crippen LogP contribution in [0.5, 0.6) is 0 Å². The highest BCUT2D eigenvalue weighted by Crippen LogP contribution is 2.46. The molecule has 1 rings (SSSR count). The molecule has 0 N–H and O–H groups in total. The minimum atomic E-state index is -1.45. The Kier molecular flexibility index (Phi) is 4.92. The molecule has 0 aromatic heterocycles. The third kappa shape index (κ3) is 3.10. The van der Waals surface area contributed by atoms with Crippen LogP contribution in [0.3, 0.4) is 0 Å². The molecule has 102 valence electrons. The maximum absolute atomic E-state index is 6.16. The monoisotopic (exact) mass is 298 g/mol. The first-order chi connectivity index (χ1) is 8.14. The molecule has 1 nitrogen and oxygen atoms in total. The van der Waals surface area contributed by atoms with Crippen molar-refractivity contribution in [1.29, 1.82) is 0 Å². The molecule has 1 aromatic carbocycles. The number of thioether (sulfide) groups is 1. The van der Waals surface area contributed by atoms with E-state index in [1.165, 1.54) is 4.90 Å². The van der Waals surface area contributed by atoms with Gasteiger partial charge in [-0.2, -0.15) is 0 Å². The van der Waals surface area contributed by atoms with Crippen LogP contribution in [-0.4, -0.2) is 27.4 Å². The van der Waals surface area contributed by atoms with Crippen molar-refractivity contribution in [3.8, 4) is 0 Å². The molecule has 0 bridgehead atoms. The van der Waals surface area contributed by atoms with E-state index in [-0.39, 0.29) is 4.18 Å². The summed E-state index contributed by atoms with van der Waals surface area (Å²) in [7, 11) is -1.01. The van der Waals surface area contributed by atoms with Gasteiger partial charge in [-0.05, 0) is 12.1 Å². The number of rotatable bonds is 5. The summed E-state index contributed by atoms with van der Waals surface area (Å²) >= 11 is 1.95. The maximum atomic E-state index is 6.16. The summed E-state index contributed by atoms with van der Waals surface area (Å²) in [4.78, 5) is 1.32. The molecule has 0 aliphatic carbocycles. The van der Waals surface area contributed by atoms with Crippen molar-refractivity contribution in [3.05, 3.63) is 30.3 Å². The largest absolute Gasteiger partial charge is 0.375 e. The first-order valence-electron chi connectivity index (χ1n) is 6.43. The van der Waals surface area contributed by atoms with Gasteiger partial charge in [0.15, 0.2) is 0 Å². The van der Waals surface area contributed by atoms with Gasteiger partial charge in [0.1, 0.15) is 0 Å². The molecule has 0 saturated heterocycles.